The Balaban J connectivity index is 1.75. The molecule has 0 radical (unpaired) electrons. The van der Waals surface area contributed by atoms with Crippen LogP contribution in [0.3, 0.4) is 0 Å². The minimum Gasteiger partial charge on any atom is -0.494 e. The van der Waals surface area contributed by atoms with E-state index in [9.17, 15) is 18.6 Å². The van der Waals surface area contributed by atoms with Crippen molar-refractivity contribution in [2.75, 3.05) is 17.2 Å². The summed E-state index contributed by atoms with van der Waals surface area (Å²) in [5.41, 5.74) is 0.751. The monoisotopic (exact) mass is 372 g/mol. The van der Waals surface area contributed by atoms with Gasteiger partial charge in [0, 0.05) is 5.69 Å². The second kappa shape index (κ2) is 7.49. The first-order valence-corrected chi connectivity index (χ1v) is 9.11. The van der Waals surface area contributed by atoms with E-state index in [0.717, 1.165) is 0 Å². The molecule has 0 saturated heterocycles. The Morgan fingerprint density at radius 2 is 1.85 bits per heavy atom. The van der Waals surface area contributed by atoms with E-state index in [4.69, 9.17) is 4.74 Å². The Kier molecular flexibility index (Phi) is 5.13. The molecule has 7 nitrogen and oxygen atoms in total. The second-order valence-electron chi connectivity index (χ2n) is 5.44. The van der Waals surface area contributed by atoms with Crippen LogP contribution in [0.4, 0.5) is 11.4 Å². The largest absolute Gasteiger partial charge is 0.494 e. The van der Waals surface area contributed by atoms with E-state index in [-0.39, 0.29) is 0 Å². The number of nitrogens with one attached hydrogen (secondary N) is 2. The number of carbonyl (C=O) groups excluding carboxylic acids is 3. The van der Waals surface area contributed by atoms with Gasteiger partial charge in [0.25, 0.3) is 5.91 Å². The molecule has 8 heteroatoms. The van der Waals surface area contributed by atoms with Gasteiger partial charge in [0.2, 0.25) is 11.7 Å². The molecule has 2 atom stereocenters. The Morgan fingerprint density at radius 3 is 2.54 bits per heavy atom. The van der Waals surface area contributed by atoms with Crippen molar-refractivity contribution >= 4 is 39.8 Å². The standard InChI is InChI=1S/C18H16N2O5S/c1-2-25-12-9-7-11(8-10-12)19-17(22)15(21)16-18(23)20-13-5-3-4-6-14(13)26(16)24/h3-10,16H,2H2,1H3,(H,19,22)(H,20,23)/t16-,26-/m1/s1. The fourth-order valence-electron chi connectivity index (χ4n) is 2.50. The normalized spacial score (nSPS) is 18.4. The van der Waals surface area contributed by atoms with Gasteiger partial charge in [-0.2, -0.15) is 0 Å². The molecule has 1 aliphatic heterocycles. The van der Waals surface area contributed by atoms with Gasteiger partial charge in [-0.25, -0.2) is 0 Å². The molecule has 0 fully saturated rings. The minimum absolute atomic E-state index is 0.319. The second-order valence-corrected chi connectivity index (χ2v) is 6.94. The summed E-state index contributed by atoms with van der Waals surface area (Å²) < 4.78 is 17.9. The van der Waals surface area contributed by atoms with Gasteiger partial charge in [-0.1, -0.05) is 12.1 Å². The van der Waals surface area contributed by atoms with Crippen LogP contribution in [0.5, 0.6) is 5.75 Å². The van der Waals surface area contributed by atoms with Crippen LogP contribution < -0.4 is 15.4 Å². The molecule has 0 unspecified atom stereocenters. The van der Waals surface area contributed by atoms with Crippen molar-refractivity contribution in [3.05, 3.63) is 48.5 Å². The molecule has 1 aliphatic rings. The van der Waals surface area contributed by atoms with Gasteiger partial charge < -0.3 is 15.4 Å². The molecule has 0 bridgehead atoms. The van der Waals surface area contributed by atoms with Crippen molar-refractivity contribution < 1.29 is 23.3 Å². The third-order valence-electron chi connectivity index (χ3n) is 3.70. The summed E-state index contributed by atoms with van der Waals surface area (Å²) in [5, 5.41) is 3.35. The molecule has 2 N–H and O–H groups in total. The van der Waals surface area contributed by atoms with Gasteiger partial charge in [-0.05, 0) is 43.3 Å². The zero-order valence-corrected chi connectivity index (χ0v) is 14.7. The average molecular weight is 372 g/mol. The van der Waals surface area contributed by atoms with E-state index in [1.165, 1.54) is 0 Å². The molecule has 3 rings (SSSR count). The Hall–Kier alpha value is -3.00. The molecular weight excluding hydrogens is 356 g/mol. The van der Waals surface area contributed by atoms with Crippen LogP contribution in [0, 0.1) is 0 Å². The molecule has 0 spiro atoms. The first-order valence-electron chi connectivity index (χ1n) is 7.89. The maximum absolute atomic E-state index is 12.6. The number of fused-ring (bicyclic) bond motifs is 1. The van der Waals surface area contributed by atoms with Crippen LogP contribution >= 0.6 is 0 Å². The van der Waals surface area contributed by atoms with E-state index >= 15 is 0 Å². The smallest absolute Gasteiger partial charge is 0.293 e. The van der Waals surface area contributed by atoms with E-state index in [1.54, 1.807) is 48.5 Å². The molecule has 1 heterocycles. The fraction of sp³-hybridized carbons (Fsp3) is 0.167. The number of hydrogen-bond donors (Lipinski definition) is 2. The minimum atomic E-state index is -1.94. The highest BCUT2D eigenvalue weighted by Gasteiger charge is 2.41. The van der Waals surface area contributed by atoms with Crippen molar-refractivity contribution in [2.24, 2.45) is 0 Å². The van der Waals surface area contributed by atoms with Gasteiger partial charge in [-0.3, -0.25) is 18.6 Å². The quantitative estimate of drug-likeness (QED) is 0.615. The van der Waals surface area contributed by atoms with Crippen molar-refractivity contribution in [1.82, 2.24) is 0 Å². The molecular formula is C18H16N2O5S. The lowest BCUT2D eigenvalue weighted by atomic mass is 10.2. The van der Waals surface area contributed by atoms with Crippen LogP contribution in [0.2, 0.25) is 0 Å². The van der Waals surface area contributed by atoms with E-state index in [2.05, 4.69) is 10.6 Å². The molecule has 2 aromatic rings. The summed E-state index contributed by atoms with van der Waals surface area (Å²) >= 11 is 0. The van der Waals surface area contributed by atoms with Crippen molar-refractivity contribution in [3.8, 4) is 5.75 Å². The molecule has 134 valence electrons. The Bertz CT molecular complexity index is 895. The Morgan fingerprint density at radius 1 is 1.15 bits per heavy atom. The number of ether oxygens (including phenoxy) is 1. The predicted octanol–water partition coefficient (Wildman–Crippen LogP) is 1.72. The maximum Gasteiger partial charge on any atom is 0.293 e. The lowest BCUT2D eigenvalue weighted by Gasteiger charge is -2.22. The van der Waals surface area contributed by atoms with E-state index in [1.807, 2.05) is 6.92 Å². The average Bonchev–Trinajstić information content (AvgIpc) is 2.63. The van der Waals surface area contributed by atoms with Crippen LogP contribution in [0.15, 0.2) is 53.4 Å². The van der Waals surface area contributed by atoms with Gasteiger partial charge in [0.15, 0.2) is 5.25 Å². The lowest BCUT2D eigenvalue weighted by Crippen LogP contribution is -2.46. The number of para-hydroxylation sites is 1. The summed E-state index contributed by atoms with van der Waals surface area (Å²) in [6.45, 7) is 2.36. The molecule has 0 saturated carbocycles. The van der Waals surface area contributed by atoms with Crippen molar-refractivity contribution in [3.63, 3.8) is 0 Å². The number of carbonyl (C=O) groups is 3. The fourth-order valence-corrected chi connectivity index (χ4v) is 3.85. The summed E-state index contributed by atoms with van der Waals surface area (Å²) in [5.74, 6) is -2.18. The first kappa shape index (κ1) is 17.8. The summed E-state index contributed by atoms with van der Waals surface area (Å²) in [6, 6.07) is 12.9. The van der Waals surface area contributed by atoms with Gasteiger partial charge in [-0.15, -0.1) is 0 Å². The number of hydrogen-bond acceptors (Lipinski definition) is 5. The third-order valence-corrected chi connectivity index (χ3v) is 5.34. The van der Waals surface area contributed by atoms with Crippen LogP contribution in [0.25, 0.3) is 0 Å². The molecule has 2 aromatic carbocycles. The number of Topliss-reactive ketones (excluding diaryl/α,β-unsaturated/α-hetero) is 1. The lowest BCUT2D eigenvalue weighted by molar-refractivity contribution is -0.136. The Labute approximate surface area is 152 Å². The van der Waals surface area contributed by atoms with Crippen molar-refractivity contribution in [2.45, 2.75) is 17.1 Å². The third kappa shape index (κ3) is 3.50. The van der Waals surface area contributed by atoms with Gasteiger partial charge >= 0.3 is 0 Å². The zero-order valence-electron chi connectivity index (χ0n) is 13.9. The summed E-state index contributed by atoms with van der Waals surface area (Å²) in [7, 11) is -1.94. The molecule has 0 aromatic heterocycles. The van der Waals surface area contributed by atoms with Crippen LogP contribution in [-0.4, -0.2) is 33.7 Å². The van der Waals surface area contributed by atoms with E-state index in [0.29, 0.717) is 28.6 Å². The highest BCUT2D eigenvalue weighted by Crippen LogP contribution is 2.27. The predicted molar refractivity (Wildman–Crippen MR) is 96.5 cm³/mol. The summed E-state index contributed by atoms with van der Waals surface area (Å²) in [4.78, 5) is 37.1. The van der Waals surface area contributed by atoms with Crippen molar-refractivity contribution in [1.29, 1.82) is 0 Å². The number of benzene rings is 2. The summed E-state index contributed by atoms with van der Waals surface area (Å²) in [6.07, 6.45) is 0. The van der Waals surface area contributed by atoms with Crippen LogP contribution in [0.1, 0.15) is 6.92 Å². The maximum atomic E-state index is 12.6. The highest BCUT2D eigenvalue weighted by molar-refractivity contribution is 7.87. The number of ketones is 1. The number of amides is 2. The van der Waals surface area contributed by atoms with Gasteiger partial charge in [0.05, 0.1) is 28.0 Å². The first-order chi connectivity index (χ1) is 12.5. The van der Waals surface area contributed by atoms with E-state index < -0.39 is 33.6 Å². The van der Waals surface area contributed by atoms with Gasteiger partial charge in [0.1, 0.15) is 5.75 Å². The highest BCUT2D eigenvalue weighted by atomic mass is 32.2. The SMILES string of the molecule is CCOc1ccc(NC(=O)C(=O)[C@@H]2C(=O)Nc3ccccc3[S@]2=O)cc1. The number of anilines is 2. The van der Waals surface area contributed by atoms with Crippen LogP contribution in [-0.2, 0) is 25.2 Å². The molecule has 26 heavy (non-hydrogen) atoms. The zero-order chi connectivity index (χ0) is 18.7. The number of rotatable bonds is 5. The molecule has 2 amide bonds. The molecule has 0 aliphatic carbocycles. The topological polar surface area (TPSA) is 102 Å².